The highest BCUT2D eigenvalue weighted by Crippen LogP contribution is 2.38. The molecule has 190 valence electrons. The van der Waals surface area contributed by atoms with Gasteiger partial charge in [-0.05, 0) is 69.9 Å². The Balaban J connectivity index is 1.51. The molecule has 2 fully saturated rings. The van der Waals surface area contributed by atoms with Crippen LogP contribution in [0.2, 0.25) is 0 Å². The number of aromatic nitrogens is 3. The number of hydrogen-bond donors (Lipinski definition) is 2. The largest absolute Gasteiger partial charge is 0.418 e. The molecule has 1 aromatic carbocycles. The standard InChI is InChI=1S/C24H31F3N6O2/c1-32-9-5-15(6-10-32)29-17-3-2-4-18-16(17)13-19(33(18)22(27)21(25)26)23-30-31-24(35-23)20(28)14-7-11-34-12-8-14/h2-4,13-15,20-22,29H,5-12,28H2,1H3. The normalized spacial score (nSPS) is 20.5. The van der Waals surface area contributed by atoms with Gasteiger partial charge in [0, 0.05) is 30.3 Å². The second-order valence-electron chi connectivity index (χ2n) is 9.49. The predicted octanol–water partition coefficient (Wildman–Crippen LogP) is 4.36. The van der Waals surface area contributed by atoms with Crippen molar-refractivity contribution >= 4 is 16.6 Å². The molecule has 4 heterocycles. The quantitative estimate of drug-likeness (QED) is 0.506. The number of anilines is 1. The number of benzene rings is 1. The van der Waals surface area contributed by atoms with Gasteiger partial charge in [0.05, 0.1) is 11.6 Å². The van der Waals surface area contributed by atoms with Gasteiger partial charge < -0.3 is 29.7 Å². The summed E-state index contributed by atoms with van der Waals surface area (Å²) < 4.78 is 54.3. The zero-order valence-corrected chi connectivity index (χ0v) is 19.7. The van der Waals surface area contributed by atoms with E-state index in [0.717, 1.165) is 49.0 Å². The molecule has 3 aromatic rings. The zero-order valence-electron chi connectivity index (χ0n) is 19.7. The van der Waals surface area contributed by atoms with Gasteiger partial charge >= 0.3 is 0 Å². The smallest absolute Gasteiger partial charge is 0.288 e. The number of alkyl halides is 3. The van der Waals surface area contributed by atoms with Crippen LogP contribution < -0.4 is 11.1 Å². The molecule has 0 aliphatic carbocycles. The lowest BCUT2D eigenvalue weighted by Gasteiger charge is -2.30. The number of likely N-dealkylation sites (tertiary alicyclic amines) is 1. The van der Waals surface area contributed by atoms with Gasteiger partial charge in [-0.1, -0.05) is 6.07 Å². The number of nitrogens with zero attached hydrogens (tertiary/aromatic N) is 4. The summed E-state index contributed by atoms with van der Waals surface area (Å²) in [5, 5.41) is 12.3. The Bertz CT molecular complexity index is 1140. The highest BCUT2D eigenvalue weighted by molar-refractivity contribution is 5.96. The van der Waals surface area contributed by atoms with Crippen LogP contribution in [-0.4, -0.2) is 65.5 Å². The predicted molar refractivity (Wildman–Crippen MR) is 126 cm³/mol. The van der Waals surface area contributed by atoms with Crippen molar-refractivity contribution in [1.29, 1.82) is 0 Å². The maximum Gasteiger partial charge on any atom is 0.288 e. The van der Waals surface area contributed by atoms with Gasteiger partial charge in [0.1, 0.15) is 5.69 Å². The van der Waals surface area contributed by atoms with Crippen LogP contribution in [0.4, 0.5) is 18.9 Å². The number of hydrogen-bond acceptors (Lipinski definition) is 7. The van der Waals surface area contributed by atoms with Crippen molar-refractivity contribution in [3.05, 3.63) is 30.2 Å². The fraction of sp³-hybridized carbons (Fsp3) is 0.583. The van der Waals surface area contributed by atoms with Crippen LogP contribution >= 0.6 is 0 Å². The molecule has 0 spiro atoms. The molecule has 2 atom stereocenters. The lowest BCUT2D eigenvalue weighted by molar-refractivity contribution is 0.0113. The Morgan fingerprint density at radius 3 is 2.54 bits per heavy atom. The highest BCUT2D eigenvalue weighted by Gasteiger charge is 2.31. The minimum Gasteiger partial charge on any atom is -0.418 e. The summed E-state index contributed by atoms with van der Waals surface area (Å²) in [5.74, 6) is 0.288. The first-order valence-electron chi connectivity index (χ1n) is 12.1. The maximum absolute atomic E-state index is 14.9. The SMILES string of the molecule is CN1CCC(Nc2cccc3c2cc(-c2nnc(C(N)C4CCOCC4)o2)n3C(F)C(F)F)CC1. The molecular formula is C24H31F3N6O2. The number of rotatable bonds is 7. The number of halogens is 3. The molecule has 0 amide bonds. The van der Waals surface area contributed by atoms with Crippen molar-refractivity contribution in [3.8, 4) is 11.6 Å². The zero-order chi connectivity index (χ0) is 24.5. The minimum atomic E-state index is -3.22. The number of fused-ring (bicyclic) bond motifs is 1. The van der Waals surface area contributed by atoms with Gasteiger partial charge in [0.2, 0.25) is 12.2 Å². The monoisotopic (exact) mass is 492 g/mol. The van der Waals surface area contributed by atoms with Gasteiger partial charge in [-0.15, -0.1) is 10.2 Å². The molecule has 2 aliphatic heterocycles. The number of nitrogens with two attached hydrogens (primary N) is 1. The van der Waals surface area contributed by atoms with Crippen molar-refractivity contribution in [2.75, 3.05) is 38.7 Å². The maximum atomic E-state index is 14.9. The molecule has 0 radical (unpaired) electrons. The van der Waals surface area contributed by atoms with E-state index in [2.05, 4.69) is 27.5 Å². The first-order chi connectivity index (χ1) is 16.9. The van der Waals surface area contributed by atoms with Crippen LogP contribution in [0.1, 0.15) is 43.9 Å². The molecular weight excluding hydrogens is 461 g/mol. The Labute approximate surface area is 201 Å². The molecule has 2 saturated heterocycles. The third-order valence-corrected chi connectivity index (χ3v) is 7.13. The summed E-state index contributed by atoms with van der Waals surface area (Å²) >= 11 is 0. The van der Waals surface area contributed by atoms with Crippen LogP contribution in [0.3, 0.4) is 0 Å². The van der Waals surface area contributed by atoms with Gasteiger partial charge in [-0.3, -0.25) is 0 Å². The van der Waals surface area contributed by atoms with Crippen LogP contribution in [0, 0.1) is 5.92 Å². The first-order valence-corrected chi connectivity index (χ1v) is 12.1. The van der Waals surface area contributed by atoms with Crippen LogP contribution in [0.5, 0.6) is 0 Å². The second-order valence-corrected chi connectivity index (χ2v) is 9.49. The highest BCUT2D eigenvalue weighted by atomic mass is 19.3. The van der Waals surface area contributed by atoms with E-state index in [4.69, 9.17) is 14.9 Å². The van der Waals surface area contributed by atoms with E-state index in [0.29, 0.717) is 24.1 Å². The molecule has 2 aromatic heterocycles. The fourth-order valence-electron chi connectivity index (χ4n) is 5.04. The molecule has 11 heteroatoms. The van der Waals surface area contributed by atoms with Crippen molar-refractivity contribution < 1.29 is 22.3 Å². The summed E-state index contributed by atoms with van der Waals surface area (Å²) in [7, 11) is 2.08. The van der Waals surface area contributed by atoms with Crippen LogP contribution in [0.15, 0.2) is 28.7 Å². The van der Waals surface area contributed by atoms with E-state index >= 15 is 0 Å². The van der Waals surface area contributed by atoms with Crippen molar-refractivity contribution in [2.24, 2.45) is 11.7 Å². The lowest BCUT2D eigenvalue weighted by atomic mass is 9.92. The number of nitrogens with one attached hydrogen (secondary N) is 1. The van der Waals surface area contributed by atoms with E-state index in [1.165, 1.54) is 0 Å². The van der Waals surface area contributed by atoms with E-state index in [9.17, 15) is 13.2 Å². The van der Waals surface area contributed by atoms with Crippen molar-refractivity contribution in [2.45, 2.75) is 50.5 Å². The van der Waals surface area contributed by atoms with Gasteiger partial charge in [-0.2, -0.15) is 0 Å². The van der Waals surface area contributed by atoms with Crippen LogP contribution in [-0.2, 0) is 4.74 Å². The first kappa shape index (κ1) is 24.1. The Morgan fingerprint density at radius 2 is 1.83 bits per heavy atom. The summed E-state index contributed by atoms with van der Waals surface area (Å²) in [6.07, 6.45) is -2.34. The summed E-state index contributed by atoms with van der Waals surface area (Å²) in [6, 6.07) is 6.61. The van der Waals surface area contributed by atoms with E-state index in [1.807, 2.05) is 6.07 Å². The molecule has 3 N–H and O–H groups in total. The number of ether oxygens (including phenoxy) is 1. The molecule has 35 heavy (non-hydrogen) atoms. The van der Waals surface area contributed by atoms with Gasteiger partial charge in [-0.25, -0.2) is 13.2 Å². The van der Waals surface area contributed by atoms with Crippen molar-refractivity contribution in [3.63, 3.8) is 0 Å². The summed E-state index contributed by atoms with van der Waals surface area (Å²) in [5.41, 5.74) is 7.55. The Morgan fingerprint density at radius 1 is 1.09 bits per heavy atom. The molecule has 2 aliphatic rings. The minimum absolute atomic E-state index is 0.0350. The second kappa shape index (κ2) is 10.2. The Hall–Kier alpha value is -2.63. The molecule has 2 unspecified atom stereocenters. The van der Waals surface area contributed by atoms with Crippen LogP contribution in [0.25, 0.3) is 22.5 Å². The van der Waals surface area contributed by atoms with Crippen molar-refractivity contribution in [1.82, 2.24) is 19.7 Å². The average molecular weight is 493 g/mol. The lowest BCUT2D eigenvalue weighted by Crippen LogP contribution is -2.36. The van der Waals surface area contributed by atoms with Gasteiger partial charge in [0.15, 0.2) is 0 Å². The third-order valence-electron chi connectivity index (χ3n) is 7.13. The summed E-state index contributed by atoms with van der Waals surface area (Å²) in [4.78, 5) is 2.27. The topological polar surface area (TPSA) is 94.4 Å². The summed E-state index contributed by atoms with van der Waals surface area (Å²) in [6.45, 7) is 3.16. The third kappa shape index (κ3) is 4.89. The molecule has 0 saturated carbocycles. The van der Waals surface area contributed by atoms with E-state index in [1.54, 1.807) is 18.2 Å². The van der Waals surface area contributed by atoms with E-state index < -0.39 is 18.8 Å². The molecule has 8 nitrogen and oxygen atoms in total. The van der Waals surface area contributed by atoms with E-state index in [-0.39, 0.29) is 29.4 Å². The number of piperidine rings is 1. The molecule has 0 bridgehead atoms. The Kier molecular flexibility index (Phi) is 6.99. The molecule has 5 rings (SSSR count). The van der Waals surface area contributed by atoms with Gasteiger partial charge in [0.25, 0.3) is 12.3 Å². The fourth-order valence-corrected chi connectivity index (χ4v) is 5.04. The average Bonchev–Trinajstić information content (AvgIpc) is 3.51.